The highest BCUT2D eigenvalue weighted by Crippen LogP contribution is 2.10. The highest BCUT2D eigenvalue weighted by atomic mass is 16.5. The molecule has 0 aliphatic carbocycles. The van der Waals surface area contributed by atoms with Crippen LogP contribution in [-0.4, -0.2) is 36.1 Å². The van der Waals surface area contributed by atoms with Crippen molar-refractivity contribution in [3.05, 3.63) is 17.6 Å². The van der Waals surface area contributed by atoms with Gasteiger partial charge < -0.3 is 9.64 Å². The van der Waals surface area contributed by atoms with E-state index < -0.39 is 0 Å². The zero-order valence-corrected chi connectivity index (χ0v) is 10.9. The number of anilines is 1. The number of nitrogens with zero attached hydrogens (tertiary/aromatic N) is 3. The summed E-state index contributed by atoms with van der Waals surface area (Å²) in [5.41, 5.74) is 1.83. The highest BCUT2D eigenvalue weighted by Gasteiger charge is 2.08. The first-order valence-electron chi connectivity index (χ1n) is 5.71. The summed E-state index contributed by atoms with van der Waals surface area (Å²) in [5.74, 6) is 0.591. The van der Waals surface area contributed by atoms with Gasteiger partial charge in [0.1, 0.15) is 5.82 Å². The normalized spacial score (nSPS) is 10.1. The summed E-state index contributed by atoms with van der Waals surface area (Å²) in [6.45, 7) is 6.65. The molecule has 1 aromatic heterocycles. The van der Waals surface area contributed by atoms with Gasteiger partial charge in [0.25, 0.3) is 0 Å². The van der Waals surface area contributed by atoms with Crippen molar-refractivity contribution in [2.24, 2.45) is 0 Å². The van der Waals surface area contributed by atoms with Crippen LogP contribution in [0.15, 0.2) is 6.20 Å². The van der Waals surface area contributed by atoms with Gasteiger partial charge in [0, 0.05) is 13.6 Å². The molecule has 0 N–H and O–H groups in total. The van der Waals surface area contributed by atoms with Crippen molar-refractivity contribution in [3.63, 3.8) is 0 Å². The van der Waals surface area contributed by atoms with Crippen molar-refractivity contribution in [2.75, 3.05) is 25.1 Å². The van der Waals surface area contributed by atoms with Gasteiger partial charge in [0.05, 0.1) is 30.6 Å². The maximum absolute atomic E-state index is 11.2. The Kier molecular flexibility index (Phi) is 4.87. The van der Waals surface area contributed by atoms with Crippen molar-refractivity contribution in [1.82, 2.24) is 9.97 Å². The molecule has 1 rings (SSSR count). The Bertz CT molecular complexity index is 393. The van der Waals surface area contributed by atoms with Crippen LogP contribution in [0.25, 0.3) is 0 Å². The third-order valence-corrected chi connectivity index (χ3v) is 2.53. The van der Waals surface area contributed by atoms with E-state index in [1.807, 2.05) is 25.8 Å². The SMILES string of the molecule is CCOC(=O)CCN(C)c1cnc(C)c(C)n1. The summed E-state index contributed by atoms with van der Waals surface area (Å²) in [4.78, 5) is 21.8. The molecule has 0 aliphatic rings. The number of rotatable bonds is 5. The number of esters is 1. The number of carbonyl (C=O) groups is 1. The van der Waals surface area contributed by atoms with Crippen LogP contribution in [0.3, 0.4) is 0 Å². The van der Waals surface area contributed by atoms with Crippen molar-refractivity contribution < 1.29 is 9.53 Å². The number of aryl methyl sites for hydroxylation is 2. The van der Waals surface area contributed by atoms with Gasteiger partial charge in [-0.1, -0.05) is 0 Å². The lowest BCUT2D eigenvalue weighted by atomic mass is 10.3. The van der Waals surface area contributed by atoms with Crippen molar-refractivity contribution >= 4 is 11.8 Å². The van der Waals surface area contributed by atoms with Gasteiger partial charge in [-0.25, -0.2) is 4.98 Å². The fourth-order valence-corrected chi connectivity index (χ4v) is 1.32. The summed E-state index contributed by atoms with van der Waals surface area (Å²) in [5, 5.41) is 0. The molecule has 17 heavy (non-hydrogen) atoms. The van der Waals surface area contributed by atoms with Crippen LogP contribution in [0, 0.1) is 13.8 Å². The van der Waals surface area contributed by atoms with E-state index in [0.717, 1.165) is 17.2 Å². The molecule has 0 saturated heterocycles. The number of ether oxygens (including phenoxy) is 1. The maximum Gasteiger partial charge on any atom is 0.307 e. The monoisotopic (exact) mass is 237 g/mol. The molecule has 0 radical (unpaired) electrons. The van der Waals surface area contributed by atoms with Crippen molar-refractivity contribution in [2.45, 2.75) is 27.2 Å². The van der Waals surface area contributed by atoms with Gasteiger partial charge in [-0.05, 0) is 20.8 Å². The summed E-state index contributed by atoms with van der Waals surface area (Å²) in [7, 11) is 1.89. The third-order valence-electron chi connectivity index (χ3n) is 2.53. The molecule has 0 aromatic carbocycles. The van der Waals surface area contributed by atoms with Gasteiger partial charge in [-0.3, -0.25) is 9.78 Å². The largest absolute Gasteiger partial charge is 0.466 e. The first kappa shape index (κ1) is 13.4. The Morgan fingerprint density at radius 1 is 1.41 bits per heavy atom. The number of hydrogen-bond donors (Lipinski definition) is 0. The van der Waals surface area contributed by atoms with E-state index in [1.54, 1.807) is 13.1 Å². The van der Waals surface area contributed by atoms with Crippen LogP contribution in [-0.2, 0) is 9.53 Å². The third kappa shape index (κ3) is 4.01. The van der Waals surface area contributed by atoms with E-state index in [9.17, 15) is 4.79 Å². The Balaban J connectivity index is 2.54. The lowest BCUT2D eigenvalue weighted by molar-refractivity contribution is -0.142. The van der Waals surface area contributed by atoms with E-state index in [2.05, 4.69) is 9.97 Å². The number of aromatic nitrogens is 2. The Morgan fingerprint density at radius 2 is 2.12 bits per heavy atom. The maximum atomic E-state index is 11.2. The van der Waals surface area contributed by atoms with Crippen LogP contribution < -0.4 is 4.90 Å². The topological polar surface area (TPSA) is 55.3 Å². The minimum atomic E-state index is -0.184. The van der Waals surface area contributed by atoms with Gasteiger partial charge in [0.15, 0.2) is 0 Å². The average Bonchev–Trinajstić information content (AvgIpc) is 2.30. The Labute approximate surface area is 102 Å². The molecular formula is C12H19N3O2. The molecule has 5 nitrogen and oxygen atoms in total. The standard InChI is InChI=1S/C12H19N3O2/c1-5-17-12(16)6-7-15(4)11-8-13-9(2)10(3)14-11/h8H,5-7H2,1-4H3. The molecule has 5 heteroatoms. The van der Waals surface area contributed by atoms with Crippen molar-refractivity contribution in [3.8, 4) is 0 Å². The average molecular weight is 237 g/mol. The summed E-state index contributed by atoms with van der Waals surface area (Å²) < 4.78 is 4.87. The number of carbonyl (C=O) groups excluding carboxylic acids is 1. The van der Waals surface area contributed by atoms with Gasteiger partial charge in [-0.2, -0.15) is 0 Å². The van der Waals surface area contributed by atoms with Crippen LogP contribution in [0.2, 0.25) is 0 Å². The highest BCUT2D eigenvalue weighted by molar-refractivity contribution is 5.70. The predicted molar refractivity (Wildman–Crippen MR) is 66.0 cm³/mol. The van der Waals surface area contributed by atoms with E-state index in [-0.39, 0.29) is 5.97 Å². The Hall–Kier alpha value is -1.65. The molecule has 0 amide bonds. The molecule has 1 heterocycles. The smallest absolute Gasteiger partial charge is 0.307 e. The molecule has 0 fully saturated rings. The Morgan fingerprint density at radius 3 is 2.71 bits per heavy atom. The summed E-state index contributed by atoms with van der Waals surface area (Å²) in [6, 6.07) is 0. The molecule has 94 valence electrons. The second-order valence-corrected chi connectivity index (χ2v) is 3.88. The van der Waals surface area contributed by atoms with E-state index in [0.29, 0.717) is 19.6 Å². The van der Waals surface area contributed by atoms with Crippen LogP contribution >= 0.6 is 0 Å². The summed E-state index contributed by atoms with van der Waals surface area (Å²) >= 11 is 0. The van der Waals surface area contributed by atoms with E-state index in [1.165, 1.54) is 0 Å². The minimum Gasteiger partial charge on any atom is -0.466 e. The lowest BCUT2D eigenvalue weighted by Crippen LogP contribution is -2.23. The minimum absolute atomic E-state index is 0.184. The fraction of sp³-hybridized carbons (Fsp3) is 0.583. The lowest BCUT2D eigenvalue weighted by Gasteiger charge is -2.17. The van der Waals surface area contributed by atoms with E-state index >= 15 is 0 Å². The first-order valence-corrected chi connectivity index (χ1v) is 5.71. The molecular weight excluding hydrogens is 218 g/mol. The van der Waals surface area contributed by atoms with Crippen LogP contribution in [0.1, 0.15) is 24.7 Å². The summed E-state index contributed by atoms with van der Waals surface area (Å²) in [6.07, 6.45) is 2.08. The van der Waals surface area contributed by atoms with E-state index in [4.69, 9.17) is 4.74 Å². The quantitative estimate of drug-likeness (QED) is 0.726. The predicted octanol–water partition coefficient (Wildman–Crippen LogP) is 1.48. The van der Waals surface area contributed by atoms with Crippen LogP contribution in [0.5, 0.6) is 0 Å². The first-order chi connectivity index (χ1) is 8.04. The fourth-order valence-electron chi connectivity index (χ4n) is 1.32. The molecule has 0 aliphatic heterocycles. The second kappa shape index (κ2) is 6.18. The molecule has 0 atom stereocenters. The molecule has 0 unspecified atom stereocenters. The molecule has 0 saturated carbocycles. The van der Waals surface area contributed by atoms with Crippen LogP contribution in [0.4, 0.5) is 5.82 Å². The zero-order chi connectivity index (χ0) is 12.8. The molecule has 0 bridgehead atoms. The van der Waals surface area contributed by atoms with Gasteiger partial charge in [-0.15, -0.1) is 0 Å². The van der Waals surface area contributed by atoms with Gasteiger partial charge in [0.2, 0.25) is 0 Å². The zero-order valence-electron chi connectivity index (χ0n) is 10.9. The molecule has 0 spiro atoms. The second-order valence-electron chi connectivity index (χ2n) is 3.88. The number of hydrogen-bond acceptors (Lipinski definition) is 5. The molecule has 1 aromatic rings. The van der Waals surface area contributed by atoms with Crippen molar-refractivity contribution in [1.29, 1.82) is 0 Å². The van der Waals surface area contributed by atoms with Gasteiger partial charge >= 0.3 is 5.97 Å².